The fourth-order valence-electron chi connectivity index (χ4n) is 1.62. The van der Waals surface area contributed by atoms with Crippen molar-refractivity contribution >= 4 is 16.7 Å². The number of carbonyl (C=O) groups excluding carboxylic acids is 1. The van der Waals surface area contributed by atoms with E-state index in [0.717, 1.165) is 5.39 Å². The van der Waals surface area contributed by atoms with Gasteiger partial charge in [0.2, 0.25) is 0 Å². The molecule has 0 radical (unpaired) electrons. The highest BCUT2D eigenvalue weighted by atomic mass is 19.1. The highest BCUT2D eigenvalue weighted by Gasteiger charge is 2.05. The lowest BCUT2D eigenvalue weighted by Crippen LogP contribution is -2.14. The molecule has 3 nitrogen and oxygen atoms in total. The summed E-state index contributed by atoms with van der Waals surface area (Å²) in [6, 6.07) is 5.77. The van der Waals surface area contributed by atoms with Gasteiger partial charge in [-0.25, -0.2) is 4.39 Å². The van der Waals surface area contributed by atoms with Crippen molar-refractivity contribution in [1.82, 2.24) is 4.98 Å². The van der Waals surface area contributed by atoms with Gasteiger partial charge < -0.3 is 4.98 Å². The average Bonchev–Trinajstić information content (AvgIpc) is 2.19. The molecule has 0 spiro atoms. The molecular formula is C12H10FNO2. The number of fused-ring (bicyclic) bond motifs is 1. The number of pyridine rings is 1. The van der Waals surface area contributed by atoms with Crippen molar-refractivity contribution in [3.63, 3.8) is 0 Å². The summed E-state index contributed by atoms with van der Waals surface area (Å²) in [6.45, 7) is 1.42. The Kier molecular flexibility index (Phi) is 2.56. The van der Waals surface area contributed by atoms with Crippen LogP contribution < -0.4 is 5.56 Å². The Balaban J connectivity index is 2.63. The summed E-state index contributed by atoms with van der Waals surface area (Å²) in [6.07, 6.45) is 0.0999. The molecule has 0 fully saturated rings. The molecule has 1 aromatic heterocycles. The number of Topliss-reactive ketones (excluding diaryl/α,β-unsaturated/α-hetero) is 1. The van der Waals surface area contributed by atoms with Crippen LogP contribution in [0.1, 0.15) is 12.5 Å². The van der Waals surface area contributed by atoms with E-state index in [1.807, 2.05) is 0 Å². The molecular weight excluding hydrogens is 209 g/mol. The molecule has 0 aliphatic rings. The molecule has 1 heterocycles. The van der Waals surface area contributed by atoms with E-state index in [0.29, 0.717) is 11.1 Å². The Morgan fingerprint density at radius 2 is 2.12 bits per heavy atom. The predicted molar refractivity (Wildman–Crippen MR) is 58.9 cm³/mol. The molecule has 82 valence electrons. The number of halogens is 1. The number of aromatic amines is 1. The molecule has 16 heavy (non-hydrogen) atoms. The molecule has 0 unspecified atom stereocenters. The normalized spacial score (nSPS) is 10.6. The lowest BCUT2D eigenvalue weighted by molar-refractivity contribution is -0.116. The zero-order chi connectivity index (χ0) is 11.7. The summed E-state index contributed by atoms with van der Waals surface area (Å²) < 4.78 is 12.9. The Morgan fingerprint density at radius 3 is 2.81 bits per heavy atom. The molecule has 0 atom stereocenters. The van der Waals surface area contributed by atoms with Crippen molar-refractivity contribution in [2.45, 2.75) is 13.3 Å². The molecule has 1 N–H and O–H groups in total. The zero-order valence-corrected chi connectivity index (χ0v) is 8.71. The molecule has 1 aromatic carbocycles. The van der Waals surface area contributed by atoms with Gasteiger partial charge in [-0.05, 0) is 36.6 Å². The molecule has 0 bridgehead atoms. The van der Waals surface area contributed by atoms with Gasteiger partial charge >= 0.3 is 0 Å². The van der Waals surface area contributed by atoms with Crippen LogP contribution in [0.2, 0.25) is 0 Å². The largest absolute Gasteiger partial charge is 0.322 e. The summed E-state index contributed by atoms with van der Waals surface area (Å²) >= 11 is 0. The van der Waals surface area contributed by atoms with E-state index in [9.17, 15) is 14.0 Å². The van der Waals surface area contributed by atoms with Gasteiger partial charge in [-0.15, -0.1) is 0 Å². The first-order valence-electron chi connectivity index (χ1n) is 4.87. The molecule has 4 heteroatoms. The third-order valence-electron chi connectivity index (χ3n) is 2.32. The van der Waals surface area contributed by atoms with Crippen LogP contribution >= 0.6 is 0 Å². The maximum atomic E-state index is 12.9. The van der Waals surface area contributed by atoms with Crippen LogP contribution in [0.25, 0.3) is 10.9 Å². The van der Waals surface area contributed by atoms with Crippen molar-refractivity contribution in [3.8, 4) is 0 Å². The van der Waals surface area contributed by atoms with E-state index in [2.05, 4.69) is 4.98 Å². The summed E-state index contributed by atoms with van der Waals surface area (Å²) in [7, 11) is 0. The first-order valence-corrected chi connectivity index (χ1v) is 4.87. The third-order valence-corrected chi connectivity index (χ3v) is 2.32. The molecule has 0 aliphatic heterocycles. The number of H-pyrrole nitrogens is 1. The lowest BCUT2D eigenvalue weighted by Gasteiger charge is -2.01. The van der Waals surface area contributed by atoms with Crippen molar-refractivity contribution in [2.24, 2.45) is 0 Å². The molecule has 2 rings (SSSR count). The van der Waals surface area contributed by atoms with Crippen LogP contribution in [0, 0.1) is 5.82 Å². The zero-order valence-electron chi connectivity index (χ0n) is 8.71. The number of nitrogens with one attached hydrogen (secondary N) is 1. The number of hydrogen-bond acceptors (Lipinski definition) is 2. The highest BCUT2D eigenvalue weighted by Crippen LogP contribution is 2.12. The quantitative estimate of drug-likeness (QED) is 0.837. The Bertz CT molecular complexity index is 616. The van der Waals surface area contributed by atoms with E-state index in [-0.39, 0.29) is 17.8 Å². The van der Waals surface area contributed by atoms with Gasteiger partial charge in [-0.1, -0.05) is 0 Å². The molecule has 0 aliphatic carbocycles. The summed E-state index contributed by atoms with van der Waals surface area (Å²) in [5.41, 5.74) is 0.511. The molecule has 0 saturated heterocycles. The van der Waals surface area contributed by atoms with Gasteiger partial charge in [-0.2, -0.15) is 0 Å². The van der Waals surface area contributed by atoms with Crippen molar-refractivity contribution < 1.29 is 9.18 Å². The highest BCUT2D eigenvalue weighted by molar-refractivity contribution is 5.82. The second-order valence-electron chi connectivity index (χ2n) is 3.73. The van der Waals surface area contributed by atoms with E-state index in [1.165, 1.54) is 19.1 Å². The minimum absolute atomic E-state index is 0.0769. The fourth-order valence-corrected chi connectivity index (χ4v) is 1.62. The second kappa shape index (κ2) is 3.89. The average molecular weight is 219 g/mol. The number of benzene rings is 1. The van der Waals surface area contributed by atoms with Gasteiger partial charge in [0.25, 0.3) is 5.56 Å². The lowest BCUT2D eigenvalue weighted by atomic mass is 10.1. The van der Waals surface area contributed by atoms with E-state index in [4.69, 9.17) is 0 Å². The molecule has 0 saturated carbocycles. The third kappa shape index (κ3) is 2.00. The minimum Gasteiger partial charge on any atom is -0.322 e. The summed E-state index contributed by atoms with van der Waals surface area (Å²) in [5.74, 6) is -0.477. The van der Waals surface area contributed by atoms with E-state index >= 15 is 0 Å². The van der Waals surface area contributed by atoms with E-state index < -0.39 is 5.82 Å². The van der Waals surface area contributed by atoms with Crippen molar-refractivity contribution in [3.05, 3.63) is 46.0 Å². The van der Waals surface area contributed by atoms with E-state index in [1.54, 1.807) is 12.1 Å². The number of carbonyl (C=O) groups is 1. The number of ketones is 1. The first-order chi connectivity index (χ1) is 7.56. The fraction of sp³-hybridized carbons (Fsp3) is 0.167. The van der Waals surface area contributed by atoms with Crippen LogP contribution in [0.5, 0.6) is 0 Å². The molecule has 2 aromatic rings. The SMILES string of the molecule is CC(=O)Cc1cc2ccc(F)cc2[nH]c1=O. The maximum absolute atomic E-state index is 12.9. The summed E-state index contributed by atoms with van der Waals surface area (Å²) in [5, 5.41) is 0.720. The second-order valence-corrected chi connectivity index (χ2v) is 3.73. The Labute approximate surface area is 90.9 Å². The number of hydrogen-bond donors (Lipinski definition) is 1. The van der Waals surface area contributed by atoms with Crippen molar-refractivity contribution in [2.75, 3.05) is 0 Å². The Morgan fingerprint density at radius 1 is 1.38 bits per heavy atom. The van der Waals surface area contributed by atoms with Gasteiger partial charge in [0.15, 0.2) is 0 Å². The van der Waals surface area contributed by atoms with Crippen LogP contribution in [0.15, 0.2) is 29.1 Å². The van der Waals surface area contributed by atoms with Crippen LogP contribution in [-0.4, -0.2) is 10.8 Å². The predicted octanol–water partition coefficient (Wildman–Crippen LogP) is 1.80. The van der Waals surface area contributed by atoms with Gasteiger partial charge in [0.05, 0.1) is 5.52 Å². The Hall–Kier alpha value is -1.97. The van der Waals surface area contributed by atoms with Crippen LogP contribution in [0.3, 0.4) is 0 Å². The number of aromatic nitrogens is 1. The monoisotopic (exact) mass is 219 g/mol. The standard InChI is InChI=1S/C12H10FNO2/c1-7(15)4-9-5-8-2-3-10(13)6-11(8)14-12(9)16/h2-3,5-6H,4H2,1H3,(H,14,16). The summed E-state index contributed by atoms with van der Waals surface area (Å²) in [4.78, 5) is 25.0. The maximum Gasteiger partial charge on any atom is 0.252 e. The number of rotatable bonds is 2. The smallest absolute Gasteiger partial charge is 0.252 e. The topological polar surface area (TPSA) is 49.9 Å². The van der Waals surface area contributed by atoms with Crippen LogP contribution in [0.4, 0.5) is 4.39 Å². The first kappa shape index (κ1) is 10.5. The van der Waals surface area contributed by atoms with Gasteiger partial charge in [-0.3, -0.25) is 9.59 Å². The van der Waals surface area contributed by atoms with Crippen LogP contribution in [-0.2, 0) is 11.2 Å². The van der Waals surface area contributed by atoms with Gasteiger partial charge in [0, 0.05) is 12.0 Å². The van der Waals surface area contributed by atoms with Crippen molar-refractivity contribution in [1.29, 1.82) is 0 Å². The van der Waals surface area contributed by atoms with Gasteiger partial charge in [0.1, 0.15) is 11.6 Å². The molecule has 0 amide bonds. The minimum atomic E-state index is -0.400.